The first kappa shape index (κ1) is 28.2. The largest absolute Gasteiger partial charge is 0.479 e. The van der Waals surface area contributed by atoms with Crippen LogP contribution in [0.3, 0.4) is 0 Å². The summed E-state index contributed by atoms with van der Waals surface area (Å²) in [6.07, 6.45) is 0.646. The van der Waals surface area contributed by atoms with Crippen LogP contribution in [0, 0.1) is 12.3 Å². The lowest BCUT2D eigenvalue weighted by atomic mass is 10.1. The molecule has 0 radical (unpaired) electrons. The molecule has 1 saturated heterocycles. The van der Waals surface area contributed by atoms with Gasteiger partial charge in [0.15, 0.2) is 18.5 Å². The molecule has 12 nitrogen and oxygen atoms in total. The van der Waals surface area contributed by atoms with Gasteiger partial charge in [-0.1, -0.05) is 18.1 Å². The van der Waals surface area contributed by atoms with Crippen molar-refractivity contribution < 1.29 is 53.0 Å². The molecule has 0 spiro atoms. The summed E-state index contributed by atoms with van der Waals surface area (Å²) in [5.74, 6) is -0.837. The van der Waals surface area contributed by atoms with Crippen LogP contribution in [0.15, 0.2) is 24.3 Å². The van der Waals surface area contributed by atoms with Crippen molar-refractivity contribution in [1.82, 2.24) is 5.32 Å². The zero-order valence-corrected chi connectivity index (χ0v) is 19.1. The highest BCUT2D eigenvalue weighted by molar-refractivity contribution is 5.94. The third-order valence-corrected chi connectivity index (χ3v) is 4.58. The van der Waals surface area contributed by atoms with E-state index in [9.17, 15) is 14.4 Å². The summed E-state index contributed by atoms with van der Waals surface area (Å²) >= 11 is 0. The summed E-state index contributed by atoms with van der Waals surface area (Å²) in [6.45, 7) is 3.36. The van der Waals surface area contributed by atoms with Gasteiger partial charge in [-0.2, -0.15) is 0 Å². The maximum atomic E-state index is 12.2. The minimum absolute atomic E-state index is 0.266. The molecule has 1 aliphatic rings. The van der Waals surface area contributed by atoms with Gasteiger partial charge in [0.1, 0.15) is 6.61 Å². The first-order chi connectivity index (χ1) is 16.9. The molecule has 1 aromatic carbocycles. The zero-order valence-electron chi connectivity index (χ0n) is 19.1. The summed E-state index contributed by atoms with van der Waals surface area (Å²) in [6, 6.07) is 6.01. The van der Waals surface area contributed by atoms with Crippen LogP contribution in [0.5, 0.6) is 0 Å². The van der Waals surface area contributed by atoms with Crippen LogP contribution >= 0.6 is 0 Å². The van der Waals surface area contributed by atoms with Gasteiger partial charge in [-0.15, -0.1) is 6.42 Å². The monoisotopic (exact) mass is 495 g/mol. The molecule has 1 heterocycles. The molecule has 35 heavy (non-hydrogen) atoms. The van der Waals surface area contributed by atoms with E-state index in [4.69, 9.17) is 45.1 Å². The summed E-state index contributed by atoms with van der Waals surface area (Å²) in [4.78, 5) is 34.6. The number of hydrogen-bond acceptors (Lipinski definition) is 9. The maximum absolute atomic E-state index is 12.2. The molecule has 0 aliphatic carbocycles. The van der Waals surface area contributed by atoms with Crippen LogP contribution in [0.25, 0.3) is 0 Å². The van der Waals surface area contributed by atoms with Crippen LogP contribution in [0.1, 0.15) is 22.2 Å². The van der Waals surface area contributed by atoms with E-state index in [1.807, 2.05) is 0 Å². The van der Waals surface area contributed by atoms with Crippen LogP contribution in [0.2, 0.25) is 0 Å². The standard InChI is InChI=1S/C23H29NO11/c1-2-8-30-10-12-32-14-15-33-13-11-31-9-7-24-20(25)16-3-5-17(6-4-16)23-34-18(21(26)27)19(35-23)22(28)29/h1,3-6,18-19,23H,7-15H2,(H,24,25)(H,26,27)(H,28,29)/t18-,19-/m1/s1. The smallest absolute Gasteiger partial charge is 0.336 e. The highest BCUT2D eigenvalue weighted by atomic mass is 16.7. The second-order valence-corrected chi connectivity index (χ2v) is 7.09. The van der Waals surface area contributed by atoms with E-state index < -0.39 is 30.4 Å². The fourth-order valence-electron chi connectivity index (χ4n) is 2.89. The SMILES string of the molecule is C#CCOCCOCCOCCOCCNC(=O)c1ccc(C2O[C@@H](C(=O)O)[C@H](C(=O)O)O2)cc1. The van der Waals surface area contributed by atoms with Crippen molar-refractivity contribution in [2.45, 2.75) is 18.5 Å². The number of carboxylic acid groups (broad SMARTS) is 2. The molecule has 1 fully saturated rings. The van der Waals surface area contributed by atoms with Crippen molar-refractivity contribution in [3.05, 3.63) is 35.4 Å². The Bertz CT molecular complexity index is 830. The van der Waals surface area contributed by atoms with Gasteiger partial charge in [-0.3, -0.25) is 4.79 Å². The quantitative estimate of drug-likeness (QED) is 0.198. The molecule has 0 unspecified atom stereocenters. The zero-order chi connectivity index (χ0) is 25.5. The highest BCUT2D eigenvalue weighted by Crippen LogP contribution is 2.31. The van der Waals surface area contributed by atoms with Gasteiger partial charge < -0.3 is 44.0 Å². The fourth-order valence-corrected chi connectivity index (χ4v) is 2.89. The van der Waals surface area contributed by atoms with Crippen LogP contribution in [-0.2, 0) is 38.0 Å². The van der Waals surface area contributed by atoms with Crippen LogP contribution in [-0.4, -0.2) is 99.7 Å². The molecule has 1 aromatic rings. The Morgan fingerprint density at radius 3 is 1.80 bits per heavy atom. The number of carboxylic acids is 2. The second-order valence-electron chi connectivity index (χ2n) is 7.09. The fraction of sp³-hybridized carbons (Fsp3) is 0.522. The Balaban J connectivity index is 1.57. The van der Waals surface area contributed by atoms with Crippen molar-refractivity contribution in [2.24, 2.45) is 0 Å². The number of nitrogens with one attached hydrogen (secondary N) is 1. The van der Waals surface area contributed by atoms with Crippen molar-refractivity contribution in [3.63, 3.8) is 0 Å². The topological polar surface area (TPSA) is 159 Å². The lowest BCUT2D eigenvalue weighted by Gasteiger charge is -2.11. The minimum atomic E-state index is -1.62. The Morgan fingerprint density at radius 1 is 0.829 bits per heavy atom. The van der Waals surface area contributed by atoms with Crippen molar-refractivity contribution in [3.8, 4) is 12.3 Å². The molecule has 12 heteroatoms. The summed E-state index contributed by atoms with van der Waals surface area (Å²) < 4.78 is 31.5. The Morgan fingerprint density at radius 2 is 1.31 bits per heavy atom. The Kier molecular flexibility index (Phi) is 12.7. The summed E-state index contributed by atoms with van der Waals surface area (Å²) in [5, 5.41) is 20.9. The first-order valence-corrected chi connectivity index (χ1v) is 10.8. The first-order valence-electron chi connectivity index (χ1n) is 10.8. The minimum Gasteiger partial charge on any atom is -0.479 e. The number of hydrogen-bond donors (Lipinski definition) is 3. The summed E-state index contributed by atoms with van der Waals surface area (Å²) in [5.41, 5.74) is 0.742. The number of aliphatic carboxylic acids is 2. The normalized spacial score (nSPS) is 17.7. The number of ether oxygens (including phenoxy) is 6. The van der Waals surface area contributed by atoms with Gasteiger partial charge in [0.25, 0.3) is 5.91 Å². The van der Waals surface area contributed by atoms with Gasteiger partial charge in [-0.25, -0.2) is 9.59 Å². The van der Waals surface area contributed by atoms with Crippen molar-refractivity contribution >= 4 is 17.8 Å². The van der Waals surface area contributed by atoms with Crippen molar-refractivity contribution in [1.29, 1.82) is 0 Å². The van der Waals surface area contributed by atoms with E-state index in [0.29, 0.717) is 57.4 Å². The number of terminal acetylenes is 1. The van der Waals surface area contributed by atoms with Gasteiger partial charge in [0.05, 0.1) is 46.2 Å². The number of benzene rings is 1. The molecule has 1 amide bonds. The lowest BCUT2D eigenvalue weighted by molar-refractivity contribution is -0.156. The number of rotatable bonds is 17. The Hall–Kier alpha value is -3.05. The van der Waals surface area contributed by atoms with Crippen LogP contribution in [0.4, 0.5) is 0 Å². The Labute approximate surface area is 202 Å². The van der Waals surface area contributed by atoms with E-state index in [1.165, 1.54) is 24.3 Å². The van der Waals surface area contributed by atoms with Crippen molar-refractivity contribution in [2.75, 3.05) is 59.4 Å². The average Bonchev–Trinajstić information content (AvgIpc) is 3.31. The number of carbonyl (C=O) groups excluding carboxylic acids is 1. The molecule has 192 valence electrons. The van der Waals surface area contributed by atoms with E-state index in [0.717, 1.165) is 0 Å². The number of amides is 1. The van der Waals surface area contributed by atoms with Gasteiger partial charge in [0.2, 0.25) is 0 Å². The molecular formula is C23H29NO11. The molecule has 0 bridgehead atoms. The third kappa shape index (κ3) is 9.99. The molecule has 2 rings (SSSR count). The molecule has 3 N–H and O–H groups in total. The van der Waals surface area contributed by atoms with E-state index in [1.54, 1.807) is 0 Å². The summed E-state index contributed by atoms with van der Waals surface area (Å²) in [7, 11) is 0. The molecule has 1 aliphatic heterocycles. The van der Waals surface area contributed by atoms with E-state index >= 15 is 0 Å². The molecule has 2 atom stereocenters. The van der Waals surface area contributed by atoms with E-state index in [2.05, 4.69) is 11.2 Å². The predicted molar refractivity (Wildman–Crippen MR) is 119 cm³/mol. The number of carbonyl (C=O) groups is 3. The molecule has 0 aromatic heterocycles. The second kappa shape index (κ2) is 15.8. The average molecular weight is 495 g/mol. The third-order valence-electron chi connectivity index (χ3n) is 4.58. The van der Waals surface area contributed by atoms with Gasteiger partial charge in [0, 0.05) is 17.7 Å². The van der Waals surface area contributed by atoms with Crippen LogP contribution < -0.4 is 5.32 Å². The highest BCUT2D eigenvalue weighted by Gasteiger charge is 2.46. The van der Waals surface area contributed by atoms with Gasteiger partial charge >= 0.3 is 11.9 Å². The predicted octanol–water partition coefficient (Wildman–Crippen LogP) is 0.0678. The maximum Gasteiger partial charge on any atom is 0.336 e. The molecular weight excluding hydrogens is 466 g/mol. The van der Waals surface area contributed by atoms with Gasteiger partial charge in [-0.05, 0) is 12.1 Å². The molecule has 0 saturated carbocycles. The lowest BCUT2D eigenvalue weighted by Crippen LogP contribution is -2.36. The van der Waals surface area contributed by atoms with E-state index in [-0.39, 0.29) is 19.1 Å².